The number of hydrogen-bond donors (Lipinski definition) is 0. The Labute approximate surface area is 124 Å². The van der Waals surface area contributed by atoms with Gasteiger partial charge in [-0.05, 0) is 24.3 Å². The zero-order valence-electron chi connectivity index (χ0n) is 11.9. The molecule has 0 saturated carbocycles. The lowest BCUT2D eigenvalue weighted by Gasteiger charge is -2.11. The highest BCUT2D eigenvalue weighted by atomic mass is 16.5. The van der Waals surface area contributed by atoms with Gasteiger partial charge in [0.05, 0.1) is 25.9 Å². The molecular formula is C17H17NO3. The first-order chi connectivity index (χ1) is 10.3. The van der Waals surface area contributed by atoms with Crippen LogP contribution in [0.1, 0.15) is 12.0 Å². The third-order valence-electron chi connectivity index (χ3n) is 2.88. The summed E-state index contributed by atoms with van der Waals surface area (Å²) >= 11 is 0. The quantitative estimate of drug-likeness (QED) is 0.731. The molecular weight excluding hydrogens is 266 g/mol. The van der Waals surface area contributed by atoms with Crippen LogP contribution in [-0.2, 0) is 0 Å². The Bertz CT molecular complexity index is 619. The Hall–Kier alpha value is -2.67. The number of methoxy groups -OCH3 is 1. The molecule has 108 valence electrons. The van der Waals surface area contributed by atoms with Gasteiger partial charge in [-0.2, -0.15) is 5.26 Å². The average Bonchev–Trinajstić information content (AvgIpc) is 2.55. The summed E-state index contributed by atoms with van der Waals surface area (Å²) in [5, 5.41) is 8.96. The molecule has 0 amide bonds. The zero-order chi connectivity index (χ0) is 14.9. The van der Waals surface area contributed by atoms with Gasteiger partial charge in [0.25, 0.3) is 0 Å². The lowest BCUT2D eigenvalue weighted by atomic mass is 10.2. The molecule has 0 aliphatic heterocycles. The molecule has 0 aliphatic rings. The number of hydrogen-bond acceptors (Lipinski definition) is 4. The van der Waals surface area contributed by atoms with E-state index >= 15 is 0 Å². The first-order valence-electron chi connectivity index (χ1n) is 6.73. The monoisotopic (exact) mass is 283 g/mol. The number of ether oxygens (including phenoxy) is 3. The van der Waals surface area contributed by atoms with Crippen molar-refractivity contribution in [1.29, 1.82) is 5.26 Å². The Morgan fingerprint density at radius 2 is 1.43 bits per heavy atom. The van der Waals surface area contributed by atoms with Crippen molar-refractivity contribution in [3.63, 3.8) is 0 Å². The van der Waals surface area contributed by atoms with E-state index in [1.807, 2.05) is 36.4 Å². The Balaban J connectivity index is 1.77. The third kappa shape index (κ3) is 4.15. The van der Waals surface area contributed by atoms with Gasteiger partial charge in [-0.15, -0.1) is 0 Å². The summed E-state index contributed by atoms with van der Waals surface area (Å²) in [5.41, 5.74) is 0.545. The molecule has 0 atom stereocenters. The molecule has 0 bridgehead atoms. The highest BCUT2D eigenvalue weighted by Crippen LogP contribution is 2.25. The van der Waals surface area contributed by atoms with Crippen molar-refractivity contribution in [2.45, 2.75) is 6.42 Å². The molecule has 0 spiro atoms. The van der Waals surface area contributed by atoms with Crippen LogP contribution in [0.3, 0.4) is 0 Å². The van der Waals surface area contributed by atoms with Gasteiger partial charge in [-0.25, -0.2) is 0 Å². The predicted molar refractivity (Wildman–Crippen MR) is 79.8 cm³/mol. The Morgan fingerprint density at radius 3 is 2.10 bits per heavy atom. The van der Waals surface area contributed by atoms with Crippen molar-refractivity contribution < 1.29 is 14.2 Å². The molecule has 0 unspecified atom stereocenters. The Morgan fingerprint density at radius 1 is 0.857 bits per heavy atom. The smallest absolute Gasteiger partial charge is 0.161 e. The van der Waals surface area contributed by atoms with E-state index in [-0.39, 0.29) is 0 Å². The summed E-state index contributed by atoms with van der Waals surface area (Å²) in [5.74, 6) is 2.04. The number of nitriles is 1. The number of para-hydroxylation sites is 3. The first kappa shape index (κ1) is 14.7. The van der Waals surface area contributed by atoms with Gasteiger partial charge in [-0.3, -0.25) is 0 Å². The SMILES string of the molecule is COc1ccccc1OCCCOc1ccccc1C#N. The fourth-order valence-electron chi connectivity index (χ4n) is 1.85. The minimum atomic E-state index is 0.494. The summed E-state index contributed by atoms with van der Waals surface area (Å²) in [6, 6.07) is 16.8. The van der Waals surface area contributed by atoms with Gasteiger partial charge in [0.1, 0.15) is 11.8 Å². The van der Waals surface area contributed by atoms with Crippen molar-refractivity contribution in [3.05, 3.63) is 54.1 Å². The van der Waals surface area contributed by atoms with Crippen LogP contribution in [0.25, 0.3) is 0 Å². The van der Waals surface area contributed by atoms with Crippen molar-refractivity contribution in [1.82, 2.24) is 0 Å². The van der Waals surface area contributed by atoms with Crippen LogP contribution in [0.5, 0.6) is 17.2 Å². The van der Waals surface area contributed by atoms with Gasteiger partial charge in [0, 0.05) is 6.42 Å². The van der Waals surface area contributed by atoms with Gasteiger partial charge in [0.2, 0.25) is 0 Å². The number of rotatable bonds is 7. The zero-order valence-corrected chi connectivity index (χ0v) is 11.9. The van der Waals surface area contributed by atoms with E-state index in [4.69, 9.17) is 19.5 Å². The molecule has 21 heavy (non-hydrogen) atoms. The number of benzene rings is 2. The van der Waals surface area contributed by atoms with Crippen LogP contribution in [0.15, 0.2) is 48.5 Å². The molecule has 4 nitrogen and oxygen atoms in total. The lowest BCUT2D eigenvalue weighted by molar-refractivity contribution is 0.240. The van der Waals surface area contributed by atoms with E-state index < -0.39 is 0 Å². The number of nitrogens with zero attached hydrogens (tertiary/aromatic N) is 1. The summed E-state index contributed by atoms with van der Waals surface area (Å²) in [6.07, 6.45) is 0.720. The van der Waals surface area contributed by atoms with Gasteiger partial charge < -0.3 is 14.2 Å². The van der Waals surface area contributed by atoms with Gasteiger partial charge >= 0.3 is 0 Å². The molecule has 0 N–H and O–H groups in total. The van der Waals surface area contributed by atoms with E-state index in [0.717, 1.165) is 12.2 Å². The van der Waals surface area contributed by atoms with Crippen LogP contribution < -0.4 is 14.2 Å². The van der Waals surface area contributed by atoms with E-state index in [9.17, 15) is 0 Å². The average molecular weight is 283 g/mol. The van der Waals surface area contributed by atoms with Crippen molar-refractivity contribution in [3.8, 4) is 23.3 Å². The molecule has 0 aromatic heterocycles. The molecule has 0 fully saturated rings. The minimum absolute atomic E-state index is 0.494. The van der Waals surface area contributed by atoms with Crippen LogP contribution in [0.2, 0.25) is 0 Å². The first-order valence-corrected chi connectivity index (χ1v) is 6.73. The maximum atomic E-state index is 8.96. The van der Waals surface area contributed by atoms with E-state index in [2.05, 4.69) is 6.07 Å². The largest absolute Gasteiger partial charge is 0.493 e. The standard InChI is InChI=1S/C17H17NO3/c1-19-16-9-4-5-10-17(16)21-12-6-11-20-15-8-3-2-7-14(15)13-18/h2-5,7-10H,6,11-12H2,1H3. The van der Waals surface area contributed by atoms with Crippen molar-refractivity contribution in [2.24, 2.45) is 0 Å². The molecule has 2 aromatic rings. The molecule has 0 radical (unpaired) electrons. The molecule has 2 aromatic carbocycles. The van der Waals surface area contributed by atoms with Gasteiger partial charge in [0.15, 0.2) is 11.5 Å². The van der Waals surface area contributed by atoms with E-state index in [0.29, 0.717) is 30.3 Å². The predicted octanol–water partition coefficient (Wildman–Crippen LogP) is 3.41. The normalized spacial score (nSPS) is 9.71. The summed E-state index contributed by atoms with van der Waals surface area (Å²) in [4.78, 5) is 0. The highest BCUT2D eigenvalue weighted by Gasteiger charge is 2.03. The minimum Gasteiger partial charge on any atom is -0.493 e. The topological polar surface area (TPSA) is 51.5 Å². The third-order valence-corrected chi connectivity index (χ3v) is 2.88. The van der Waals surface area contributed by atoms with Crippen molar-refractivity contribution in [2.75, 3.05) is 20.3 Å². The van der Waals surface area contributed by atoms with Gasteiger partial charge in [-0.1, -0.05) is 24.3 Å². The van der Waals surface area contributed by atoms with Crippen LogP contribution in [0, 0.1) is 11.3 Å². The summed E-state index contributed by atoms with van der Waals surface area (Å²) < 4.78 is 16.5. The summed E-state index contributed by atoms with van der Waals surface area (Å²) in [6.45, 7) is 1.02. The molecule has 0 saturated heterocycles. The maximum Gasteiger partial charge on any atom is 0.161 e. The molecule has 4 heteroatoms. The van der Waals surface area contributed by atoms with E-state index in [1.54, 1.807) is 19.2 Å². The van der Waals surface area contributed by atoms with Crippen LogP contribution in [0.4, 0.5) is 0 Å². The van der Waals surface area contributed by atoms with E-state index in [1.165, 1.54) is 0 Å². The second-order valence-electron chi connectivity index (χ2n) is 4.31. The highest BCUT2D eigenvalue weighted by molar-refractivity contribution is 5.42. The Kier molecular flexibility index (Phi) is 5.48. The molecule has 2 rings (SSSR count). The van der Waals surface area contributed by atoms with Crippen molar-refractivity contribution >= 4 is 0 Å². The van der Waals surface area contributed by atoms with Crippen LogP contribution in [-0.4, -0.2) is 20.3 Å². The second-order valence-corrected chi connectivity index (χ2v) is 4.31. The van der Waals surface area contributed by atoms with Crippen LogP contribution >= 0.6 is 0 Å². The molecule has 0 heterocycles. The second kappa shape index (κ2) is 7.81. The summed E-state index contributed by atoms with van der Waals surface area (Å²) in [7, 11) is 1.62. The fraction of sp³-hybridized carbons (Fsp3) is 0.235. The molecule has 0 aliphatic carbocycles. The lowest BCUT2D eigenvalue weighted by Crippen LogP contribution is -2.06. The fourth-order valence-corrected chi connectivity index (χ4v) is 1.85. The maximum absolute atomic E-state index is 8.96.